The summed E-state index contributed by atoms with van der Waals surface area (Å²) in [5.41, 5.74) is 9.99. The van der Waals surface area contributed by atoms with E-state index in [1.807, 2.05) is 24.5 Å². The predicted molar refractivity (Wildman–Crippen MR) is 210 cm³/mol. The Balaban J connectivity index is 1.14. The van der Waals surface area contributed by atoms with E-state index in [0.29, 0.717) is 5.82 Å². The molecule has 0 amide bonds. The molecular formula is C45H26N4S. The summed E-state index contributed by atoms with van der Waals surface area (Å²) in [5.74, 6) is 0.716. The fourth-order valence-electron chi connectivity index (χ4n) is 7.78. The van der Waals surface area contributed by atoms with E-state index >= 15 is 0 Å². The van der Waals surface area contributed by atoms with Crippen molar-refractivity contribution in [1.29, 1.82) is 0 Å². The normalized spacial score (nSPS) is 12.4. The van der Waals surface area contributed by atoms with Crippen molar-refractivity contribution in [2.75, 3.05) is 4.90 Å². The number of hydrogen-bond acceptors (Lipinski definition) is 5. The molecule has 0 bridgehead atoms. The molecule has 0 aliphatic carbocycles. The molecule has 0 N–H and O–H groups in total. The molecule has 1 aliphatic heterocycles. The number of nitrogens with zero attached hydrogens (tertiary/aromatic N) is 4. The third kappa shape index (κ3) is 4.01. The third-order valence-electron chi connectivity index (χ3n) is 10.0. The Morgan fingerprint density at radius 3 is 2.10 bits per heavy atom. The van der Waals surface area contributed by atoms with Crippen LogP contribution in [0.3, 0.4) is 0 Å². The molecule has 232 valence electrons. The van der Waals surface area contributed by atoms with E-state index in [-0.39, 0.29) is 0 Å². The lowest BCUT2D eigenvalue weighted by molar-refractivity contribution is 1.23. The molecule has 0 saturated heterocycles. The second kappa shape index (κ2) is 10.5. The summed E-state index contributed by atoms with van der Waals surface area (Å²) >= 11 is 1.74. The topological polar surface area (TPSA) is 41.9 Å². The molecule has 0 fully saturated rings. The molecule has 4 nitrogen and oxygen atoms in total. The maximum absolute atomic E-state index is 5.23. The molecule has 4 heterocycles. The molecule has 1 aliphatic rings. The Hall–Kier alpha value is -6.43. The molecule has 0 atom stereocenters. The minimum absolute atomic E-state index is 0.716. The minimum Gasteiger partial charge on any atom is -0.309 e. The van der Waals surface area contributed by atoms with E-state index in [2.05, 4.69) is 143 Å². The van der Waals surface area contributed by atoms with Gasteiger partial charge in [0.1, 0.15) is 0 Å². The van der Waals surface area contributed by atoms with Crippen molar-refractivity contribution in [1.82, 2.24) is 15.0 Å². The van der Waals surface area contributed by atoms with Gasteiger partial charge in [-0.2, -0.15) is 0 Å². The Bertz CT molecular complexity index is 3000. The quantitative estimate of drug-likeness (QED) is 0.190. The van der Waals surface area contributed by atoms with Crippen LogP contribution in [0.15, 0.2) is 158 Å². The monoisotopic (exact) mass is 654 g/mol. The average Bonchev–Trinajstić information content (AvgIpc) is 3.56. The number of thiophene rings is 1. The van der Waals surface area contributed by atoms with Gasteiger partial charge >= 0.3 is 0 Å². The second-order valence-corrected chi connectivity index (χ2v) is 13.9. The maximum atomic E-state index is 5.23. The van der Waals surface area contributed by atoms with Gasteiger partial charge in [-0.3, -0.25) is 4.98 Å². The van der Waals surface area contributed by atoms with Crippen molar-refractivity contribution >= 4 is 81.0 Å². The van der Waals surface area contributed by atoms with E-state index in [1.54, 1.807) is 11.3 Å². The first kappa shape index (κ1) is 27.5. The molecule has 0 radical (unpaired) electrons. The van der Waals surface area contributed by atoms with Crippen molar-refractivity contribution in [3.8, 4) is 33.8 Å². The molecule has 5 heteroatoms. The van der Waals surface area contributed by atoms with Crippen LogP contribution in [0.5, 0.6) is 0 Å². The first-order chi connectivity index (χ1) is 24.8. The van der Waals surface area contributed by atoms with E-state index in [9.17, 15) is 0 Å². The second-order valence-electron chi connectivity index (χ2n) is 12.9. The lowest BCUT2D eigenvalue weighted by atomic mass is 9.89. The van der Waals surface area contributed by atoms with Crippen molar-refractivity contribution in [3.63, 3.8) is 0 Å². The highest BCUT2D eigenvalue weighted by Gasteiger charge is 2.27. The Labute approximate surface area is 291 Å². The van der Waals surface area contributed by atoms with Gasteiger partial charge in [-0.05, 0) is 75.6 Å². The summed E-state index contributed by atoms with van der Waals surface area (Å²) in [6, 6.07) is 52.5. The van der Waals surface area contributed by atoms with E-state index < -0.39 is 0 Å². The van der Waals surface area contributed by atoms with Crippen molar-refractivity contribution < 1.29 is 0 Å². The van der Waals surface area contributed by atoms with Gasteiger partial charge in [0.25, 0.3) is 0 Å². The summed E-state index contributed by atoms with van der Waals surface area (Å²) in [4.78, 5) is 17.2. The van der Waals surface area contributed by atoms with Crippen LogP contribution in [-0.4, -0.2) is 15.0 Å². The lowest BCUT2D eigenvalue weighted by Gasteiger charge is -2.34. The Morgan fingerprint density at radius 2 is 1.22 bits per heavy atom. The molecule has 50 heavy (non-hydrogen) atoms. The molecule has 3 aromatic heterocycles. The van der Waals surface area contributed by atoms with Gasteiger partial charge in [0.15, 0.2) is 5.82 Å². The van der Waals surface area contributed by atoms with Crippen LogP contribution in [-0.2, 0) is 0 Å². The van der Waals surface area contributed by atoms with Crippen LogP contribution in [0.1, 0.15) is 0 Å². The molecular weight excluding hydrogens is 629 g/mol. The summed E-state index contributed by atoms with van der Waals surface area (Å²) < 4.78 is 2.30. The third-order valence-corrected chi connectivity index (χ3v) is 11.2. The summed E-state index contributed by atoms with van der Waals surface area (Å²) in [5, 5.41) is 8.45. The molecule has 10 aromatic rings. The molecule has 0 saturated carbocycles. The summed E-state index contributed by atoms with van der Waals surface area (Å²) in [7, 11) is 0. The van der Waals surface area contributed by atoms with Crippen LogP contribution < -0.4 is 4.90 Å². The van der Waals surface area contributed by atoms with Crippen molar-refractivity contribution in [2.24, 2.45) is 0 Å². The van der Waals surface area contributed by atoms with Gasteiger partial charge < -0.3 is 4.90 Å². The Morgan fingerprint density at radius 1 is 0.480 bits per heavy atom. The van der Waals surface area contributed by atoms with Gasteiger partial charge in [-0.25, -0.2) is 9.97 Å². The number of anilines is 3. The number of aromatic nitrogens is 3. The number of benzene rings is 7. The van der Waals surface area contributed by atoms with Gasteiger partial charge in [-0.15, -0.1) is 11.3 Å². The highest BCUT2D eigenvalue weighted by atomic mass is 32.1. The zero-order valence-corrected chi connectivity index (χ0v) is 27.5. The highest BCUT2D eigenvalue weighted by Crippen LogP contribution is 2.53. The summed E-state index contributed by atoms with van der Waals surface area (Å²) in [6.45, 7) is 0. The van der Waals surface area contributed by atoms with Crippen molar-refractivity contribution in [3.05, 3.63) is 158 Å². The van der Waals surface area contributed by atoms with Crippen LogP contribution in [0.4, 0.5) is 17.1 Å². The fourth-order valence-corrected chi connectivity index (χ4v) is 8.93. The number of hydrogen-bond donors (Lipinski definition) is 0. The van der Waals surface area contributed by atoms with E-state index in [4.69, 9.17) is 9.97 Å². The van der Waals surface area contributed by atoms with Crippen molar-refractivity contribution in [2.45, 2.75) is 0 Å². The van der Waals surface area contributed by atoms with Crippen LogP contribution in [0, 0.1) is 0 Å². The number of fused-ring (bicyclic) bond motifs is 7. The number of rotatable bonds is 3. The Kier molecular flexibility index (Phi) is 5.80. The van der Waals surface area contributed by atoms with Gasteiger partial charge in [-0.1, -0.05) is 97.1 Å². The fraction of sp³-hybridized carbons (Fsp3) is 0. The van der Waals surface area contributed by atoms with Crippen LogP contribution in [0.25, 0.3) is 86.4 Å². The zero-order valence-electron chi connectivity index (χ0n) is 26.7. The van der Waals surface area contributed by atoms with Crippen LogP contribution in [0.2, 0.25) is 0 Å². The highest BCUT2D eigenvalue weighted by molar-refractivity contribution is 7.26. The van der Waals surface area contributed by atoms with Crippen LogP contribution >= 0.6 is 11.3 Å². The van der Waals surface area contributed by atoms with Gasteiger partial charge in [0.05, 0.1) is 33.0 Å². The largest absolute Gasteiger partial charge is 0.309 e. The maximum Gasteiger partial charge on any atom is 0.160 e. The minimum atomic E-state index is 0.716. The number of pyridine rings is 1. The molecule has 7 aromatic carbocycles. The first-order valence-electron chi connectivity index (χ1n) is 16.8. The summed E-state index contributed by atoms with van der Waals surface area (Å²) in [6.07, 6.45) is 3.66. The predicted octanol–water partition coefficient (Wildman–Crippen LogP) is 12.5. The van der Waals surface area contributed by atoms with E-state index in [1.165, 1.54) is 54.1 Å². The molecule has 0 spiro atoms. The standard InChI is InChI=1S/C45H26N4S/c1-2-9-30-26-39-36(25-29(30)8-1)34-14-5-10-27-11-6-16-38(41(27)34)49(39)37-15-7-12-31-24-32(18-19-33(31)37)45-47-42(28-20-22-46-23-21-28)44-43(48-45)35-13-3-4-17-40(35)50-44/h1-26H. The smallest absolute Gasteiger partial charge is 0.160 e. The molecule has 11 rings (SSSR count). The lowest BCUT2D eigenvalue weighted by Crippen LogP contribution is -2.15. The average molecular weight is 655 g/mol. The molecule has 0 unspecified atom stereocenters. The SMILES string of the molecule is c1ccc2cc3c(cc2c1)-c1cccc2cccc(c12)N3c1cccc2cc(-c3nc(-c4ccncc4)c4sc5ccccc5c4n3)ccc12. The first-order valence-corrected chi connectivity index (χ1v) is 17.6. The van der Waals surface area contributed by atoms with Gasteiger partial charge in [0.2, 0.25) is 0 Å². The van der Waals surface area contributed by atoms with Gasteiger partial charge in [0, 0.05) is 49.9 Å². The van der Waals surface area contributed by atoms with E-state index in [0.717, 1.165) is 43.5 Å². The zero-order chi connectivity index (χ0) is 32.8.